The van der Waals surface area contributed by atoms with Crippen molar-refractivity contribution in [3.8, 4) is 5.75 Å². The Labute approximate surface area is 175 Å². The summed E-state index contributed by atoms with van der Waals surface area (Å²) < 4.78 is 0. The highest BCUT2D eigenvalue weighted by Crippen LogP contribution is 2.49. The van der Waals surface area contributed by atoms with Crippen LogP contribution in [0, 0.1) is 17.8 Å². The summed E-state index contributed by atoms with van der Waals surface area (Å²) in [5.74, 6) is 0.476. The maximum Gasteiger partial charge on any atom is 0.118 e. The van der Waals surface area contributed by atoms with Crippen LogP contribution in [-0.2, 0) is 12.8 Å². The quantitative estimate of drug-likeness (QED) is 0.337. The van der Waals surface area contributed by atoms with Gasteiger partial charge in [-0.1, -0.05) is 72.3 Å². The fraction of sp³-hybridized carbons (Fsp3) is 0.778. The predicted molar refractivity (Wildman–Crippen MR) is 123 cm³/mol. The van der Waals surface area contributed by atoms with Crippen molar-refractivity contribution in [1.82, 2.24) is 0 Å². The first-order valence-corrected chi connectivity index (χ1v) is 12.0. The molecule has 1 saturated carbocycles. The summed E-state index contributed by atoms with van der Waals surface area (Å²) in [6.07, 6.45) is 18.7. The molecule has 0 spiro atoms. The molecule has 160 valence electrons. The molecule has 0 saturated heterocycles. The zero-order valence-electron chi connectivity index (χ0n) is 19.5. The Bertz CT molecular complexity index is 589. The first kappa shape index (κ1) is 23.3. The van der Waals surface area contributed by atoms with Crippen molar-refractivity contribution < 1.29 is 5.11 Å². The van der Waals surface area contributed by atoms with E-state index >= 15 is 0 Å². The Kier molecular flexibility index (Phi) is 8.90. The summed E-state index contributed by atoms with van der Waals surface area (Å²) in [5.41, 5.74) is 5.22. The van der Waals surface area contributed by atoms with Crippen LogP contribution in [0.5, 0.6) is 5.75 Å². The number of aromatic hydroxyl groups is 1. The van der Waals surface area contributed by atoms with Crippen LogP contribution in [0.1, 0.15) is 121 Å². The van der Waals surface area contributed by atoms with Gasteiger partial charge in [-0.3, -0.25) is 0 Å². The molecule has 0 bridgehead atoms. The normalized spacial score (nSPS) is 15.8. The second-order valence-electron chi connectivity index (χ2n) is 11.0. The molecule has 28 heavy (non-hydrogen) atoms. The van der Waals surface area contributed by atoms with Gasteiger partial charge in [0.2, 0.25) is 0 Å². The summed E-state index contributed by atoms with van der Waals surface area (Å²) in [6, 6.07) is 4.09. The van der Waals surface area contributed by atoms with Crippen LogP contribution in [-0.4, -0.2) is 5.11 Å². The molecule has 1 aliphatic rings. The lowest BCUT2D eigenvalue weighted by molar-refractivity contribution is 0.357. The number of rotatable bonds is 13. The average molecular weight is 387 g/mol. The van der Waals surface area contributed by atoms with E-state index in [4.69, 9.17) is 0 Å². The lowest BCUT2D eigenvalue weighted by atomic mass is 9.88. The van der Waals surface area contributed by atoms with Gasteiger partial charge in [0.1, 0.15) is 5.75 Å². The van der Waals surface area contributed by atoms with Gasteiger partial charge in [-0.25, -0.2) is 0 Å². The summed E-state index contributed by atoms with van der Waals surface area (Å²) in [5, 5.41) is 10.2. The van der Waals surface area contributed by atoms with Gasteiger partial charge in [0, 0.05) is 0 Å². The highest BCUT2D eigenvalue weighted by molar-refractivity contribution is 5.43. The predicted octanol–water partition coefficient (Wildman–Crippen LogP) is 8.53. The number of aryl methyl sites for hydroxylation is 1. The molecule has 1 heteroatoms. The minimum Gasteiger partial charge on any atom is -0.508 e. The molecule has 1 N–H and O–H groups in total. The molecule has 0 radical (unpaired) electrons. The molecule has 1 nitrogen and oxygen atoms in total. The first-order valence-electron chi connectivity index (χ1n) is 12.0. The summed E-state index contributed by atoms with van der Waals surface area (Å²) in [6.45, 7) is 11.6. The van der Waals surface area contributed by atoms with Crippen LogP contribution in [0.3, 0.4) is 0 Å². The van der Waals surface area contributed by atoms with Gasteiger partial charge in [-0.15, -0.1) is 0 Å². The van der Waals surface area contributed by atoms with Gasteiger partial charge in [0.15, 0.2) is 0 Å². The van der Waals surface area contributed by atoms with Gasteiger partial charge in [0.25, 0.3) is 0 Å². The van der Waals surface area contributed by atoms with Crippen molar-refractivity contribution in [2.75, 3.05) is 0 Å². The number of benzene rings is 1. The Balaban J connectivity index is 1.71. The maximum atomic E-state index is 10.2. The second kappa shape index (κ2) is 10.7. The second-order valence-corrected chi connectivity index (χ2v) is 11.0. The average Bonchev–Trinajstić information content (AvgIpc) is 3.35. The Hall–Kier alpha value is -0.980. The molecule has 0 atom stereocenters. The topological polar surface area (TPSA) is 20.2 Å². The van der Waals surface area contributed by atoms with E-state index in [0.717, 1.165) is 12.0 Å². The highest BCUT2D eigenvalue weighted by atomic mass is 16.3. The summed E-state index contributed by atoms with van der Waals surface area (Å²) in [4.78, 5) is 0. The minimum absolute atomic E-state index is 0.464. The van der Waals surface area contributed by atoms with E-state index in [9.17, 15) is 5.11 Å². The van der Waals surface area contributed by atoms with Gasteiger partial charge >= 0.3 is 0 Å². The smallest absolute Gasteiger partial charge is 0.118 e. The van der Waals surface area contributed by atoms with Gasteiger partial charge in [-0.2, -0.15) is 0 Å². The molecule has 0 aliphatic heterocycles. The fourth-order valence-corrected chi connectivity index (χ4v) is 4.38. The molecule has 1 fully saturated rings. The van der Waals surface area contributed by atoms with Crippen molar-refractivity contribution in [2.45, 2.75) is 125 Å². The maximum absolute atomic E-state index is 10.2. The van der Waals surface area contributed by atoms with E-state index in [2.05, 4.69) is 40.7 Å². The number of phenols is 1. The van der Waals surface area contributed by atoms with Crippen molar-refractivity contribution >= 4 is 0 Å². The molecule has 0 aromatic heterocycles. The van der Waals surface area contributed by atoms with E-state index in [0.29, 0.717) is 16.6 Å². The lowest BCUT2D eigenvalue weighted by Crippen LogP contribution is -2.04. The van der Waals surface area contributed by atoms with Crippen LogP contribution in [0.15, 0.2) is 12.1 Å². The molecule has 0 unspecified atom stereocenters. The number of hydrogen-bond donors (Lipinski definition) is 1. The van der Waals surface area contributed by atoms with Crippen molar-refractivity contribution in [2.24, 2.45) is 10.8 Å². The molecule has 1 aromatic rings. The Morgan fingerprint density at radius 3 is 2.11 bits per heavy atom. The SMILES string of the molecule is Cc1c(O)ccc(CCCCCCC2(C)CC2)c1CCCCCCC(C)(C)C. The van der Waals surface area contributed by atoms with Crippen LogP contribution in [0.25, 0.3) is 0 Å². The van der Waals surface area contributed by atoms with Crippen molar-refractivity contribution in [1.29, 1.82) is 0 Å². The van der Waals surface area contributed by atoms with Crippen molar-refractivity contribution in [3.05, 3.63) is 28.8 Å². The lowest BCUT2D eigenvalue weighted by Gasteiger charge is -2.17. The molecular weight excluding hydrogens is 340 g/mol. The Morgan fingerprint density at radius 1 is 0.857 bits per heavy atom. The van der Waals surface area contributed by atoms with E-state index in [1.807, 2.05) is 6.07 Å². The van der Waals surface area contributed by atoms with E-state index < -0.39 is 0 Å². The largest absolute Gasteiger partial charge is 0.508 e. The molecular formula is C27H46O. The molecule has 0 amide bonds. The summed E-state index contributed by atoms with van der Waals surface area (Å²) >= 11 is 0. The molecule has 2 rings (SSSR count). The number of phenolic OH excluding ortho intramolecular Hbond substituents is 1. The fourth-order valence-electron chi connectivity index (χ4n) is 4.38. The van der Waals surface area contributed by atoms with Crippen LogP contribution < -0.4 is 0 Å². The zero-order valence-corrected chi connectivity index (χ0v) is 19.5. The first-order chi connectivity index (χ1) is 13.2. The Morgan fingerprint density at radius 2 is 1.46 bits per heavy atom. The van der Waals surface area contributed by atoms with E-state index in [1.54, 1.807) is 0 Å². The highest BCUT2D eigenvalue weighted by Gasteiger charge is 2.35. The molecule has 1 aromatic carbocycles. The summed E-state index contributed by atoms with van der Waals surface area (Å²) in [7, 11) is 0. The zero-order chi connectivity index (χ0) is 20.6. The molecule has 0 heterocycles. The third kappa shape index (κ3) is 8.58. The van der Waals surface area contributed by atoms with E-state index in [1.165, 1.54) is 94.6 Å². The van der Waals surface area contributed by atoms with Gasteiger partial charge in [-0.05, 0) is 91.9 Å². The number of unbranched alkanes of at least 4 members (excludes halogenated alkanes) is 6. The van der Waals surface area contributed by atoms with Crippen LogP contribution in [0.2, 0.25) is 0 Å². The number of hydrogen-bond acceptors (Lipinski definition) is 1. The van der Waals surface area contributed by atoms with Gasteiger partial charge < -0.3 is 5.11 Å². The standard InChI is InChI=1S/C27H46O/c1-22-24(15-11-7-8-12-18-26(2,3)4)23(16-17-25(22)28)14-10-6-9-13-19-27(5)20-21-27/h16-17,28H,6-15,18-21H2,1-5H3. The van der Waals surface area contributed by atoms with E-state index in [-0.39, 0.29) is 0 Å². The van der Waals surface area contributed by atoms with Crippen LogP contribution >= 0.6 is 0 Å². The molecule has 1 aliphatic carbocycles. The van der Waals surface area contributed by atoms with Gasteiger partial charge in [0.05, 0.1) is 0 Å². The third-order valence-electron chi connectivity index (χ3n) is 6.85. The third-order valence-corrected chi connectivity index (χ3v) is 6.85. The van der Waals surface area contributed by atoms with Crippen LogP contribution in [0.4, 0.5) is 0 Å². The van der Waals surface area contributed by atoms with Crippen molar-refractivity contribution in [3.63, 3.8) is 0 Å². The monoisotopic (exact) mass is 386 g/mol. The minimum atomic E-state index is 0.464.